The largest absolute Gasteiger partial charge is 0.356 e. The number of carbonyl (C=O) groups excluding carboxylic acids is 1. The van der Waals surface area contributed by atoms with Crippen molar-refractivity contribution in [1.82, 2.24) is 19.8 Å². The predicted molar refractivity (Wildman–Crippen MR) is 80.5 cm³/mol. The number of benzene rings is 1. The lowest BCUT2D eigenvalue weighted by molar-refractivity contribution is -0.121. The van der Waals surface area contributed by atoms with E-state index in [1.165, 1.54) is 0 Å². The first kappa shape index (κ1) is 14.5. The van der Waals surface area contributed by atoms with Gasteiger partial charge in [-0.3, -0.25) is 4.79 Å². The van der Waals surface area contributed by atoms with E-state index in [4.69, 9.17) is 0 Å². The highest BCUT2D eigenvalue weighted by molar-refractivity contribution is 5.77. The van der Waals surface area contributed by atoms with Crippen LogP contribution in [0.3, 0.4) is 0 Å². The third-order valence-electron chi connectivity index (χ3n) is 3.21. The van der Waals surface area contributed by atoms with Crippen LogP contribution in [0.25, 0.3) is 11.0 Å². The van der Waals surface area contributed by atoms with Crippen LogP contribution in [-0.2, 0) is 11.3 Å². The fourth-order valence-electron chi connectivity index (χ4n) is 2.12. The van der Waals surface area contributed by atoms with Gasteiger partial charge in [-0.1, -0.05) is 12.1 Å². The van der Waals surface area contributed by atoms with Crippen molar-refractivity contribution < 1.29 is 4.79 Å². The summed E-state index contributed by atoms with van der Waals surface area (Å²) < 4.78 is 2.02. The van der Waals surface area contributed by atoms with Gasteiger partial charge >= 0.3 is 0 Å². The summed E-state index contributed by atoms with van der Waals surface area (Å²) >= 11 is 0. The zero-order valence-corrected chi connectivity index (χ0v) is 12.2. The van der Waals surface area contributed by atoms with Gasteiger partial charge in [-0.15, -0.1) is 0 Å². The molecule has 0 fully saturated rings. The number of nitrogens with zero attached hydrogens (tertiary/aromatic N) is 3. The zero-order chi connectivity index (χ0) is 14.4. The van der Waals surface area contributed by atoms with E-state index in [-0.39, 0.29) is 5.91 Å². The van der Waals surface area contributed by atoms with Crippen LogP contribution < -0.4 is 5.32 Å². The van der Waals surface area contributed by atoms with Crippen LogP contribution >= 0.6 is 0 Å². The minimum Gasteiger partial charge on any atom is -0.356 e. The molecule has 0 radical (unpaired) electrons. The topological polar surface area (TPSA) is 50.2 Å². The lowest BCUT2D eigenvalue weighted by Crippen LogP contribution is -2.27. The second-order valence-electron chi connectivity index (χ2n) is 5.18. The van der Waals surface area contributed by atoms with Crippen LogP contribution in [-0.4, -0.2) is 47.5 Å². The van der Waals surface area contributed by atoms with Crippen molar-refractivity contribution in [2.24, 2.45) is 0 Å². The first-order valence-corrected chi connectivity index (χ1v) is 6.98. The third-order valence-corrected chi connectivity index (χ3v) is 3.21. The lowest BCUT2D eigenvalue weighted by Gasteiger charge is -2.10. The molecule has 20 heavy (non-hydrogen) atoms. The molecule has 1 amide bonds. The molecule has 5 nitrogen and oxygen atoms in total. The Morgan fingerprint density at radius 1 is 1.35 bits per heavy atom. The summed E-state index contributed by atoms with van der Waals surface area (Å²) in [5.41, 5.74) is 2.05. The summed E-state index contributed by atoms with van der Waals surface area (Å²) in [6, 6.07) is 7.96. The van der Waals surface area contributed by atoms with E-state index >= 15 is 0 Å². The molecule has 0 saturated carbocycles. The molecule has 0 unspecified atom stereocenters. The summed E-state index contributed by atoms with van der Waals surface area (Å²) in [6.45, 7) is 2.40. The smallest absolute Gasteiger partial charge is 0.221 e. The Bertz CT molecular complexity index is 562. The van der Waals surface area contributed by atoms with Crippen molar-refractivity contribution in [3.05, 3.63) is 30.6 Å². The van der Waals surface area contributed by atoms with E-state index in [1.54, 1.807) is 6.33 Å². The monoisotopic (exact) mass is 274 g/mol. The number of fused-ring (bicyclic) bond motifs is 1. The number of carbonyl (C=O) groups is 1. The quantitative estimate of drug-likeness (QED) is 0.778. The number of rotatable bonds is 7. The van der Waals surface area contributed by atoms with Gasteiger partial charge in [-0.05, 0) is 39.2 Å². The second-order valence-corrected chi connectivity index (χ2v) is 5.18. The fraction of sp³-hybridized carbons (Fsp3) is 0.467. The van der Waals surface area contributed by atoms with Gasteiger partial charge in [-0.2, -0.15) is 0 Å². The van der Waals surface area contributed by atoms with Crippen LogP contribution in [0.5, 0.6) is 0 Å². The predicted octanol–water partition coefficient (Wildman–Crippen LogP) is 1.49. The van der Waals surface area contributed by atoms with Crippen LogP contribution in [0.1, 0.15) is 12.8 Å². The molecule has 2 rings (SSSR count). The first-order valence-electron chi connectivity index (χ1n) is 6.98. The molecular formula is C15H22N4O. The zero-order valence-electron chi connectivity index (χ0n) is 12.2. The molecule has 108 valence electrons. The minimum absolute atomic E-state index is 0.0986. The van der Waals surface area contributed by atoms with Crippen molar-refractivity contribution in [2.75, 3.05) is 27.2 Å². The van der Waals surface area contributed by atoms with E-state index < -0.39 is 0 Å². The Morgan fingerprint density at radius 2 is 2.15 bits per heavy atom. The third kappa shape index (κ3) is 4.06. The lowest BCUT2D eigenvalue weighted by atomic mass is 10.3. The van der Waals surface area contributed by atoms with Crippen molar-refractivity contribution in [1.29, 1.82) is 0 Å². The van der Waals surface area contributed by atoms with Crippen molar-refractivity contribution in [3.8, 4) is 0 Å². The van der Waals surface area contributed by atoms with Crippen molar-refractivity contribution >= 4 is 16.9 Å². The maximum absolute atomic E-state index is 11.8. The molecule has 5 heteroatoms. The minimum atomic E-state index is 0.0986. The maximum atomic E-state index is 11.8. The number of aromatic nitrogens is 2. The van der Waals surface area contributed by atoms with E-state index in [2.05, 4.69) is 15.2 Å². The van der Waals surface area contributed by atoms with Crippen LogP contribution in [0.2, 0.25) is 0 Å². The van der Waals surface area contributed by atoms with Gasteiger partial charge in [0.2, 0.25) is 5.91 Å². The van der Waals surface area contributed by atoms with Crippen LogP contribution in [0.4, 0.5) is 0 Å². The summed E-state index contributed by atoms with van der Waals surface area (Å²) in [7, 11) is 4.07. The number of amides is 1. The first-order chi connectivity index (χ1) is 9.66. The van der Waals surface area contributed by atoms with Crippen LogP contribution in [0.15, 0.2) is 30.6 Å². The van der Waals surface area contributed by atoms with Gasteiger partial charge in [-0.25, -0.2) is 4.98 Å². The standard InChI is InChI=1S/C15H22N4O/c1-18(2)10-5-9-16-15(20)8-11-19-12-17-13-6-3-4-7-14(13)19/h3-4,6-7,12H,5,8-11H2,1-2H3,(H,16,20). The summed E-state index contributed by atoms with van der Waals surface area (Å²) in [5, 5.41) is 2.95. The van der Waals surface area contributed by atoms with E-state index in [9.17, 15) is 4.79 Å². The Kier molecular flexibility index (Phi) is 5.12. The van der Waals surface area contributed by atoms with Crippen LogP contribution in [0, 0.1) is 0 Å². The normalized spacial score (nSPS) is 11.2. The van der Waals surface area contributed by atoms with Gasteiger partial charge in [0.25, 0.3) is 0 Å². The molecule has 0 aliphatic carbocycles. The van der Waals surface area contributed by atoms with Gasteiger partial charge < -0.3 is 14.8 Å². The molecular weight excluding hydrogens is 252 g/mol. The molecule has 1 aromatic carbocycles. The molecule has 1 aromatic heterocycles. The average Bonchev–Trinajstić information content (AvgIpc) is 2.84. The van der Waals surface area contributed by atoms with E-state index in [1.807, 2.05) is 42.9 Å². The molecule has 1 heterocycles. The number of hydrogen-bond donors (Lipinski definition) is 1. The SMILES string of the molecule is CN(C)CCCNC(=O)CCn1cnc2ccccc21. The molecule has 0 aliphatic heterocycles. The number of hydrogen-bond acceptors (Lipinski definition) is 3. The highest BCUT2D eigenvalue weighted by Gasteiger charge is 2.04. The summed E-state index contributed by atoms with van der Waals surface area (Å²) in [5.74, 6) is 0.0986. The Labute approximate surface area is 119 Å². The molecule has 0 bridgehead atoms. The molecule has 0 aliphatic rings. The van der Waals surface area contributed by atoms with Gasteiger partial charge in [0.1, 0.15) is 0 Å². The Hall–Kier alpha value is -1.88. The van der Waals surface area contributed by atoms with Crippen molar-refractivity contribution in [2.45, 2.75) is 19.4 Å². The fourth-order valence-corrected chi connectivity index (χ4v) is 2.12. The Morgan fingerprint density at radius 3 is 2.95 bits per heavy atom. The average molecular weight is 274 g/mol. The summed E-state index contributed by atoms with van der Waals surface area (Å²) in [6.07, 6.45) is 3.26. The highest BCUT2D eigenvalue weighted by Crippen LogP contribution is 2.11. The number of aryl methyl sites for hydroxylation is 1. The summed E-state index contributed by atoms with van der Waals surface area (Å²) in [4.78, 5) is 18.2. The van der Waals surface area contributed by atoms with Crippen molar-refractivity contribution in [3.63, 3.8) is 0 Å². The molecule has 2 aromatic rings. The van der Waals surface area contributed by atoms with E-state index in [0.29, 0.717) is 13.0 Å². The molecule has 0 atom stereocenters. The van der Waals surface area contributed by atoms with E-state index in [0.717, 1.165) is 30.5 Å². The molecule has 0 saturated heterocycles. The van der Waals surface area contributed by atoms with Gasteiger partial charge in [0.05, 0.1) is 17.4 Å². The maximum Gasteiger partial charge on any atom is 0.221 e. The molecule has 1 N–H and O–H groups in total. The number of nitrogens with one attached hydrogen (secondary N) is 1. The van der Waals surface area contributed by atoms with Gasteiger partial charge in [0.15, 0.2) is 0 Å². The highest BCUT2D eigenvalue weighted by atomic mass is 16.1. The molecule has 0 spiro atoms. The Balaban J connectivity index is 1.76. The van der Waals surface area contributed by atoms with Gasteiger partial charge in [0, 0.05) is 19.5 Å². The number of imidazole rings is 1. The second kappa shape index (κ2) is 7.05. The number of para-hydroxylation sites is 2.